The number of hydrogen-bond acceptors (Lipinski definition) is 8. The normalized spacial score (nSPS) is 15.4. The first-order valence-corrected chi connectivity index (χ1v) is 9.97. The zero-order valence-corrected chi connectivity index (χ0v) is 17.5. The van der Waals surface area contributed by atoms with E-state index in [0.29, 0.717) is 0 Å². The van der Waals surface area contributed by atoms with Crippen molar-refractivity contribution in [2.45, 2.75) is 55.5 Å². The third-order valence-electron chi connectivity index (χ3n) is 3.66. The Morgan fingerprint density at radius 1 is 0.941 bits per heavy atom. The van der Waals surface area contributed by atoms with Crippen molar-refractivity contribution in [1.29, 1.82) is 0 Å². The zero-order chi connectivity index (χ0) is 27.4. The number of carbonyl (C=O) groups excluding carboxylic acids is 2. The Morgan fingerprint density at radius 2 is 1.44 bits per heavy atom. The van der Waals surface area contributed by atoms with E-state index in [0.717, 1.165) is 0 Å². The molecule has 0 amide bonds. The molecule has 0 saturated heterocycles. The van der Waals surface area contributed by atoms with Crippen molar-refractivity contribution >= 4 is 22.1 Å². The molecule has 0 rings (SSSR count). The van der Waals surface area contributed by atoms with Crippen molar-refractivity contribution in [3.63, 3.8) is 0 Å². The molecular formula is C15H15F10O8S-. The van der Waals surface area contributed by atoms with Gasteiger partial charge in [0.2, 0.25) is 0 Å². The molecule has 0 aliphatic carbocycles. The molecule has 34 heavy (non-hydrogen) atoms. The van der Waals surface area contributed by atoms with Gasteiger partial charge in [0.1, 0.15) is 5.57 Å². The largest absolute Gasteiger partial charge is 0.743 e. The first-order valence-electron chi connectivity index (χ1n) is 8.56. The average Bonchev–Trinajstić information content (AvgIpc) is 2.63. The fourth-order valence-electron chi connectivity index (χ4n) is 1.75. The lowest BCUT2D eigenvalue weighted by atomic mass is 10.2. The molecule has 8 nitrogen and oxygen atoms in total. The third-order valence-corrected chi connectivity index (χ3v) is 4.59. The van der Waals surface area contributed by atoms with Crippen molar-refractivity contribution in [1.82, 2.24) is 0 Å². The Balaban J connectivity index is 6.21. The molecule has 0 bridgehead atoms. The molecular weight excluding hydrogens is 530 g/mol. The summed E-state index contributed by atoms with van der Waals surface area (Å²) in [6, 6.07) is 0. The molecule has 0 aliphatic heterocycles. The minimum atomic E-state index is -7.06. The summed E-state index contributed by atoms with van der Waals surface area (Å²) in [6.45, 7) is 0.295. The van der Waals surface area contributed by atoms with Crippen LogP contribution in [0.5, 0.6) is 0 Å². The highest BCUT2D eigenvalue weighted by Crippen LogP contribution is 2.42. The van der Waals surface area contributed by atoms with Crippen LogP contribution in [0.1, 0.15) is 26.2 Å². The standard InChI is InChI=1S/C15H16F10O8S/c1-3-4-6-31-10(27)12(14(21,22)23,33-9(26)8(2)13(18,19)20)32-7-5-11(16,17)15(24,25)34(28,29)30/h2-7H2,1H3,(H,28,29,30)/p-1. The Hall–Kier alpha value is -2.15. The van der Waals surface area contributed by atoms with Crippen LogP contribution in [0.4, 0.5) is 43.9 Å². The Labute approximate surface area is 184 Å². The van der Waals surface area contributed by atoms with Gasteiger partial charge in [0.25, 0.3) is 0 Å². The maximum absolute atomic E-state index is 13.6. The van der Waals surface area contributed by atoms with Gasteiger partial charge in [-0.3, -0.25) is 0 Å². The number of rotatable bonds is 12. The van der Waals surface area contributed by atoms with E-state index >= 15 is 0 Å². The van der Waals surface area contributed by atoms with Gasteiger partial charge in [-0.15, -0.1) is 0 Å². The van der Waals surface area contributed by atoms with Gasteiger partial charge < -0.3 is 18.8 Å². The molecule has 0 aliphatic rings. The van der Waals surface area contributed by atoms with E-state index in [-0.39, 0.29) is 12.8 Å². The van der Waals surface area contributed by atoms with Gasteiger partial charge in [-0.1, -0.05) is 19.9 Å². The molecule has 0 heterocycles. The van der Waals surface area contributed by atoms with Crippen LogP contribution < -0.4 is 0 Å². The SMILES string of the molecule is C=C(C(=O)OC(OCCC(F)(F)C(F)(F)S(=O)(=O)[O-])(C(=O)OCCCC)C(F)(F)F)C(F)(F)F. The number of hydrogen-bond donors (Lipinski definition) is 0. The van der Waals surface area contributed by atoms with Crippen LogP contribution in [0.3, 0.4) is 0 Å². The topological polar surface area (TPSA) is 119 Å². The average molecular weight is 545 g/mol. The predicted molar refractivity (Wildman–Crippen MR) is 86.1 cm³/mol. The summed E-state index contributed by atoms with van der Waals surface area (Å²) >= 11 is 0. The monoisotopic (exact) mass is 545 g/mol. The van der Waals surface area contributed by atoms with E-state index in [1.165, 1.54) is 6.92 Å². The van der Waals surface area contributed by atoms with Gasteiger partial charge >= 0.3 is 41.3 Å². The van der Waals surface area contributed by atoms with E-state index in [1.807, 2.05) is 0 Å². The highest BCUT2D eigenvalue weighted by atomic mass is 32.2. The summed E-state index contributed by atoms with van der Waals surface area (Å²) in [5, 5.41) is -6.37. The second-order valence-electron chi connectivity index (χ2n) is 6.24. The highest BCUT2D eigenvalue weighted by Gasteiger charge is 2.69. The molecule has 1 unspecified atom stereocenters. The predicted octanol–water partition coefficient (Wildman–Crippen LogP) is 3.43. The second-order valence-corrected chi connectivity index (χ2v) is 7.66. The summed E-state index contributed by atoms with van der Waals surface area (Å²) in [7, 11) is -7.06. The minimum absolute atomic E-state index is 0.144. The van der Waals surface area contributed by atoms with Gasteiger partial charge in [-0.25, -0.2) is 18.0 Å². The molecule has 200 valence electrons. The summed E-state index contributed by atoms with van der Waals surface area (Å²) in [5.41, 5.74) is -2.61. The first-order chi connectivity index (χ1) is 15.0. The van der Waals surface area contributed by atoms with Gasteiger partial charge in [-0.05, 0) is 6.42 Å². The van der Waals surface area contributed by atoms with E-state index < -0.39 is 76.6 Å². The molecule has 0 radical (unpaired) electrons. The van der Waals surface area contributed by atoms with Crippen molar-refractivity contribution in [2.75, 3.05) is 13.2 Å². The molecule has 1 atom stereocenters. The number of esters is 2. The third kappa shape index (κ3) is 7.17. The van der Waals surface area contributed by atoms with Gasteiger partial charge in [0.15, 0.2) is 10.1 Å². The van der Waals surface area contributed by atoms with E-state index in [2.05, 4.69) is 20.8 Å². The zero-order valence-electron chi connectivity index (χ0n) is 16.7. The van der Waals surface area contributed by atoms with Gasteiger partial charge in [0.05, 0.1) is 13.2 Å². The Bertz CT molecular complexity index is 865. The maximum Gasteiger partial charge on any atom is 0.468 e. The van der Waals surface area contributed by atoms with Crippen LogP contribution in [-0.4, -0.2) is 67.4 Å². The molecule has 0 aromatic carbocycles. The number of alkyl halides is 10. The first kappa shape index (κ1) is 31.9. The molecule has 0 fully saturated rings. The van der Waals surface area contributed by atoms with E-state index in [1.54, 1.807) is 0 Å². The summed E-state index contributed by atoms with van der Waals surface area (Å²) in [6.07, 6.45) is -14.7. The fourth-order valence-corrected chi connectivity index (χ4v) is 2.22. The number of unbranched alkanes of at least 4 members (excludes halogenated alkanes) is 1. The lowest BCUT2D eigenvalue weighted by molar-refractivity contribution is -0.357. The molecule has 0 saturated carbocycles. The molecule has 0 aromatic rings. The Kier molecular flexibility index (Phi) is 9.96. The molecule has 0 spiro atoms. The number of ether oxygens (including phenoxy) is 3. The molecule has 0 aromatic heterocycles. The van der Waals surface area contributed by atoms with Gasteiger partial charge in [0, 0.05) is 6.42 Å². The fraction of sp³-hybridized carbons (Fsp3) is 0.733. The van der Waals surface area contributed by atoms with Crippen LogP contribution in [0, 0.1) is 0 Å². The lowest BCUT2D eigenvalue weighted by Gasteiger charge is -2.33. The second kappa shape index (κ2) is 10.6. The van der Waals surface area contributed by atoms with E-state index in [4.69, 9.17) is 0 Å². The van der Waals surface area contributed by atoms with Crippen LogP contribution in [0.25, 0.3) is 0 Å². The van der Waals surface area contributed by atoms with Crippen LogP contribution >= 0.6 is 0 Å². The lowest BCUT2D eigenvalue weighted by Crippen LogP contribution is -2.59. The highest BCUT2D eigenvalue weighted by molar-refractivity contribution is 7.86. The van der Waals surface area contributed by atoms with Crippen LogP contribution in [-0.2, 0) is 33.9 Å². The summed E-state index contributed by atoms with van der Waals surface area (Å²) in [5.74, 6) is -16.8. The minimum Gasteiger partial charge on any atom is -0.743 e. The van der Waals surface area contributed by atoms with Gasteiger partial charge in [-0.2, -0.15) is 43.9 Å². The smallest absolute Gasteiger partial charge is 0.468 e. The summed E-state index contributed by atoms with van der Waals surface area (Å²) < 4.78 is 174. The van der Waals surface area contributed by atoms with Crippen LogP contribution in [0.2, 0.25) is 0 Å². The van der Waals surface area contributed by atoms with Crippen LogP contribution in [0.15, 0.2) is 12.2 Å². The molecule has 19 heteroatoms. The summed E-state index contributed by atoms with van der Waals surface area (Å²) in [4.78, 5) is 23.5. The Morgan fingerprint density at radius 3 is 1.82 bits per heavy atom. The number of carbonyl (C=O) groups is 2. The maximum atomic E-state index is 13.6. The number of halogens is 10. The van der Waals surface area contributed by atoms with Crippen molar-refractivity contribution < 1.29 is 80.7 Å². The van der Waals surface area contributed by atoms with Crippen molar-refractivity contribution in [3.8, 4) is 0 Å². The van der Waals surface area contributed by atoms with E-state index in [9.17, 15) is 66.5 Å². The van der Waals surface area contributed by atoms with Crippen molar-refractivity contribution in [3.05, 3.63) is 12.2 Å². The van der Waals surface area contributed by atoms with Crippen molar-refractivity contribution in [2.24, 2.45) is 0 Å². The quantitative estimate of drug-likeness (QED) is 0.0915. The molecule has 0 N–H and O–H groups in total.